The van der Waals surface area contributed by atoms with Crippen molar-refractivity contribution >= 4 is 5.82 Å². The van der Waals surface area contributed by atoms with Gasteiger partial charge in [-0.2, -0.15) is 0 Å². The van der Waals surface area contributed by atoms with Crippen molar-refractivity contribution < 1.29 is 0 Å². The fraction of sp³-hybridized carbons (Fsp3) is 0.583. The number of hydrogen-bond acceptors (Lipinski definition) is 3. The van der Waals surface area contributed by atoms with E-state index in [9.17, 15) is 0 Å². The number of likely N-dealkylation sites (tertiary alicyclic amines) is 1. The van der Waals surface area contributed by atoms with Crippen molar-refractivity contribution in [1.29, 1.82) is 0 Å². The maximum atomic E-state index is 4.42. The highest BCUT2D eigenvalue weighted by Crippen LogP contribution is 2.40. The molecule has 0 bridgehead atoms. The van der Waals surface area contributed by atoms with Crippen molar-refractivity contribution in [3.8, 4) is 0 Å². The highest BCUT2D eigenvalue weighted by molar-refractivity contribution is 5.45. The van der Waals surface area contributed by atoms with Gasteiger partial charge in [-0.1, -0.05) is 0 Å². The molecule has 2 saturated heterocycles. The highest BCUT2D eigenvalue weighted by Gasteiger charge is 2.50. The Bertz CT molecular complexity index is 374. The van der Waals surface area contributed by atoms with E-state index < -0.39 is 0 Å². The molecule has 0 aliphatic carbocycles. The first kappa shape index (κ1) is 9.16. The fourth-order valence-corrected chi connectivity index (χ4v) is 2.92. The molecule has 0 N–H and O–H groups in total. The second-order valence-electron chi connectivity index (χ2n) is 5.22. The topological polar surface area (TPSA) is 19.4 Å². The number of rotatable bonds is 1. The molecule has 3 nitrogen and oxygen atoms in total. The van der Waals surface area contributed by atoms with Gasteiger partial charge >= 0.3 is 0 Å². The van der Waals surface area contributed by atoms with Crippen LogP contribution in [-0.2, 0) is 0 Å². The smallest absolute Gasteiger partial charge is 0.128 e. The number of pyridine rings is 1. The van der Waals surface area contributed by atoms with Gasteiger partial charge in [0.1, 0.15) is 5.82 Å². The van der Waals surface area contributed by atoms with Crippen LogP contribution in [0.1, 0.15) is 5.56 Å². The Morgan fingerprint density at radius 3 is 2.60 bits per heavy atom. The molecule has 0 radical (unpaired) electrons. The van der Waals surface area contributed by atoms with Gasteiger partial charge in [0.25, 0.3) is 0 Å². The molecule has 3 heterocycles. The monoisotopic (exact) mass is 203 g/mol. The molecule has 3 heteroatoms. The first-order chi connectivity index (χ1) is 7.17. The third kappa shape index (κ3) is 1.42. The molecular weight excluding hydrogens is 186 g/mol. The van der Waals surface area contributed by atoms with E-state index in [1.165, 1.54) is 31.7 Å². The van der Waals surface area contributed by atoms with E-state index in [0.717, 1.165) is 5.82 Å². The molecule has 0 unspecified atom stereocenters. The minimum Gasteiger partial charge on any atom is -0.355 e. The van der Waals surface area contributed by atoms with Gasteiger partial charge in [-0.15, -0.1) is 0 Å². The fourth-order valence-electron chi connectivity index (χ4n) is 2.92. The van der Waals surface area contributed by atoms with Gasteiger partial charge in [-0.3, -0.25) is 0 Å². The molecule has 3 rings (SSSR count). The first-order valence-electron chi connectivity index (χ1n) is 5.53. The summed E-state index contributed by atoms with van der Waals surface area (Å²) in [7, 11) is 2.19. The van der Waals surface area contributed by atoms with E-state index in [2.05, 4.69) is 40.9 Å². The van der Waals surface area contributed by atoms with E-state index in [1.54, 1.807) is 0 Å². The molecule has 80 valence electrons. The summed E-state index contributed by atoms with van der Waals surface area (Å²) in [5, 5.41) is 0. The maximum Gasteiger partial charge on any atom is 0.128 e. The molecule has 1 aromatic rings. The van der Waals surface area contributed by atoms with Crippen molar-refractivity contribution in [2.24, 2.45) is 5.41 Å². The van der Waals surface area contributed by atoms with Crippen LogP contribution < -0.4 is 4.90 Å². The van der Waals surface area contributed by atoms with Gasteiger partial charge in [-0.25, -0.2) is 4.98 Å². The summed E-state index contributed by atoms with van der Waals surface area (Å²) in [6.07, 6.45) is 1.91. The van der Waals surface area contributed by atoms with Crippen LogP contribution in [0.2, 0.25) is 0 Å². The predicted molar refractivity (Wildman–Crippen MR) is 61.1 cm³/mol. The zero-order valence-corrected chi connectivity index (χ0v) is 9.40. The molecule has 0 saturated carbocycles. The average molecular weight is 203 g/mol. The zero-order chi connectivity index (χ0) is 10.5. The van der Waals surface area contributed by atoms with Gasteiger partial charge in [0.05, 0.1) is 0 Å². The van der Waals surface area contributed by atoms with Gasteiger partial charge < -0.3 is 9.80 Å². The van der Waals surface area contributed by atoms with Crippen LogP contribution in [0.25, 0.3) is 0 Å². The summed E-state index contributed by atoms with van der Waals surface area (Å²) in [5.74, 6) is 1.15. The normalized spacial score (nSPS) is 23.7. The molecule has 2 aliphatic heterocycles. The Morgan fingerprint density at radius 1 is 1.27 bits per heavy atom. The SMILES string of the molecule is Cc1ccnc(N2CC3(CN(C)C3)C2)c1. The van der Waals surface area contributed by atoms with E-state index in [1.807, 2.05) is 6.20 Å². The molecule has 0 amide bonds. The quantitative estimate of drug-likeness (QED) is 0.682. The molecular formula is C12H17N3. The van der Waals surface area contributed by atoms with E-state index in [0.29, 0.717) is 5.41 Å². The second-order valence-corrected chi connectivity index (χ2v) is 5.22. The Labute approximate surface area is 90.7 Å². The predicted octanol–water partition coefficient (Wildman–Crippen LogP) is 1.14. The number of nitrogens with zero attached hydrogens (tertiary/aromatic N) is 3. The molecule has 0 atom stereocenters. The molecule has 1 spiro atoms. The minimum atomic E-state index is 0.597. The first-order valence-corrected chi connectivity index (χ1v) is 5.53. The van der Waals surface area contributed by atoms with E-state index >= 15 is 0 Å². The summed E-state index contributed by atoms with van der Waals surface area (Å²) < 4.78 is 0. The lowest BCUT2D eigenvalue weighted by molar-refractivity contribution is -0.00280. The Morgan fingerprint density at radius 2 is 2.00 bits per heavy atom. The van der Waals surface area contributed by atoms with E-state index in [4.69, 9.17) is 0 Å². The lowest BCUT2D eigenvalue weighted by atomic mass is 9.73. The third-order valence-corrected chi connectivity index (χ3v) is 3.49. The summed E-state index contributed by atoms with van der Waals surface area (Å²) >= 11 is 0. The van der Waals surface area contributed by atoms with Crippen LogP contribution in [0.15, 0.2) is 18.3 Å². The summed E-state index contributed by atoms with van der Waals surface area (Å²) in [5.41, 5.74) is 1.90. The average Bonchev–Trinajstić information content (AvgIpc) is 2.08. The number of hydrogen-bond donors (Lipinski definition) is 0. The molecule has 2 fully saturated rings. The van der Waals surface area contributed by atoms with E-state index in [-0.39, 0.29) is 0 Å². The van der Waals surface area contributed by atoms with Crippen molar-refractivity contribution in [1.82, 2.24) is 9.88 Å². The Hall–Kier alpha value is -1.09. The number of anilines is 1. The molecule has 15 heavy (non-hydrogen) atoms. The Kier molecular flexibility index (Phi) is 1.80. The van der Waals surface area contributed by atoms with Crippen molar-refractivity contribution in [2.45, 2.75) is 6.92 Å². The van der Waals surface area contributed by atoms with Crippen LogP contribution in [0.4, 0.5) is 5.82 Å². The summed E-state index contributed by atoms with van der Waals surface area (Å²) in [6.45, 7) is 7.02. The molecule has 2 aliphatic rings. The number of aryl methyl sites for hydroxylation is 1. The van der Waals surface area contributed by atoms with Crippen molar-refractivity contribution in [3.05, 3.63) is 23.9 Å². The Balaban J connectivity index is 1.68. The van der Waals surface area contributed by atoms with Gasteiger partial charge in [0, 0.05) is 37.8 Å². The van der Waals surface area contributed by atoms with Crippen LogP contribution in [0.3, 0.4) is 0 Å². The molecule has 1 aromatic heterocycles. The van der Waals surface area contributed by atoms with Crippen molar-refractivity contribution in [3.63, 3.8) is 0 Å². The van der Waals surface area contributed by atoms with Crippen molar-refractivity contribution in [2.75, 3.05) is 38.1 Å². The van der Waals surface area contributed by atoms with Gasteiger partial charge in [0.2, 0.25) is 0 Å². The summed E-state index contributed by atoms with van der Waals surface area (Å²) in [4.78, 5) is 9.20. The van der Waals surface area contributed by atoms with Crippen LogP contribution in [-0.4, -0.2) is 43.1 Å². The lowest BCUT2D eigenvalue weighted by Gasteiger charge is -2.59. The van der Waals surface area contributed by atoms with Crippen LogP contribution in [0, 0.1) is 12.3 Å². The third-order valence-electron chi connectivity index (χ3n) is 3.49. The highest BCUT2D eigenvalue weighted by atomic mass is 15.3. The lowest BCUT2D eigenvalue weighted by Crippen LogP contribution is -2.71. The summed E-state index contributed by atoms with van der Waals surface area (Å²) in [6, 6.07) is 4.23. The largest absolute Gasteiger partial charge is 0.355 e. The van der Waals surface area contributed by atoms with Crippen LogP contribution >= 0.6 is 0 Å². The van der Waals surface area contributed by atoms with Gasteiger partial charge in [-0.05, 0) is 31.7 Å². The zero-order valence-electron chi connectivity index (χ0n) is 9.40. The van der Waals surface area contributed by atoms with Crippen LogP contribution in [0.5, 0.6) is 0 Å². The standard InChI is InChI=1S/C12H17N3/c1-10-3-4-13-11(5-10)15-8-12(9-15)6-14(2)7-12/h3-5H,6-9H2,1-2H3. The molecule has 0 aromatic carbocycles. The number of aromatic nitrogens is 1. The minimum absolute atomic E-state index is 0.597. The van der Waals surface area contributed by atoms with Gasteiger partial charge in [0.15, 0.2) is 0 Å². The second kappa shape index (κ2) is 2.95. The maximum absolute atomic E-state index is 4.42.